The molecular formula is C19H28NO2P. The highest BCUT2D eigenvalue weighted by molar-refractivity contribution is 7.37. The topological polar surface area (TPSA) is 38.3 Å². The standard InChI is InChI=1S/C19H28NO2P/c1-22-19(23-2)15-7-4-10-16-20-18(21)14-9-8-13-17-11-5-3-6-12-17/h3,5-6,8-9,11-14,19,23H,4,7,10,15-16H2,1-2H3,(H,20,21)/b13-8+,14-9+. The Kier molecular flexibility index (Phi) is 11.1. The molecule has 3 nitrogen and oxygen atoms in total. The molecule has 0 saturated carbocycles. The van der Waals surface area contributed by atoms with Gasteiger partial charge in [0.2, 0.25) is 5.91 Å². The van der Waals surface area contributed by atoms with Gasteiger partial charge in [0.15, 0.2) is 0 Å². The van der Waals surface area contributed by atoms with E-state index < -0.39 is 0 Å². The van der Waals surface area contributed by atoms with Crippen LogP contribution in [0.5, 0.6) is 0 Å². The third-order valence-corrected chi connectivity index (χ3v) is 4.66. The van der Waals surface area contributed by atoms with Gasteiger partial charge in [-0.1, -0.05) is 70.0 Å². The van der Waals surface area contributed by atoms with Crippen molar-refractivity contribution in [1.82, 2.24) is 5.32 Å². The number of unbranched alkanes of at least 4 members (excludes halogenated alkanes) is 2. The SMILES string of the molecule is COC(CCCCCNC(=O)/C=C/C=C/c1ccccc1)PC. The van der Waals surface area contributed by atoms with Crippen LogP contribution in [-0.2, 0) is 9.53 Å². The average molecular weight is 333 g/mol. The maximum atomic E-state index is 11.6. The van der Waals surface area contributed by atoms with Crippen molar-refractivity contribution < 1.29 is 9.53 Å². The highest BCUT2D eigenvalue weighted by atomic mass is 31.1. The van der Waals surface area contributed by atoms with Crippen LogP contribution in [0.2, 0.25) is 0 Å². The van der Waals surface area contributed by atoms with Gasteiger partial charge in [-0.2, -0.15) is 0 Å². The first-order valence-corrected chi connectivity index (χ1v) is 9.71. The van der Waals surface area contributed by atoms with Crippen LogP contribution in [0.15, 0.2) is 48.6 Å². The van der Waals surface area contributed by atoms with E-state index >= 15 is 0 Å². The molecule has 0 aliphatic carbocycles. The Balaban J connectivity index is 2.08. The van der Waals surface area contributed by atoms with E-state index in [2.05, 4.69) is 12.0 Å². The van der Waals surface area contributed by atoms with E-state index in [1.807, 2.05) is 42.5 Å². The van der Waals surface area contributed by atoms with Crippen molar-refractivity contribution in [1.29, 1.82) is 0 Å². The van der Waals surface area contributed by atoms with Gasteiger partial charge in [-0.15, -0.1) is 0 Å². The number of ether oxygens (including phenoxy) is 1. The monoisotopic (exact) mass is 333 g/mol. The van der Waals surface area contributed by atoms with Gasteiger partial charge in [-0.25, -0.2) is 0 Å². The lowest BCUT2D eigenvalue weighted by Gasteiger charge is -2.12. The molecule has 0 aliphatic rings. The van der Waals surface area contributed by atoms with E-state index in [9.17, 15) is 4.79 Å². The maximum absolute atomic E-state index is 11.6. The molecule has 0 aliphatic heterocycles. The molecule has 126 valence electrons. The summed E-state index contributed by atoms with van der Waals surface area (Å²) in [6.07, 6.45) is 11.6. The molecule has 2 atom stereocenters. The Morgan fingerprint density at radius 1 is 1.22 bits per heavy atom. The molecule has 0 spiro atoms. The summed E-state index contributed by atoms with van der Waals surface area (Å²) in [5.41, 5.74) is 1.12. The quantitative estimate of drug-likeness (QED) is 0.285. The number of rotatable bonds is 11. The van der Waals surface area contributed by atoms with Crippen molar-refractivity contribution in [3.05, 3.63) is 54.1 Å². The van der Waals surface area contributed by atoms with Crippen LogP contribution in [0.1, 0.15) is 31.2 Å². The van der Waals surface area contributed by atoms with Crippen LogP contribution in [0.3, 0.4) is 0 Å². The van der Waals surface area contributed by atoms with Gasteiger partial charge < -0.3 is 10.1 Å². The lowest BCUT2D eigenvalue weighted by atomic mass is 10.2. The second-order valence-corrected chi connectivity index (χ2v) is 6.50. The third-order valence-electron chi connectivity index (χ3n) is 3.50. The summed E-state index contributed by atoms with van der Waals surface area (Å²) in [5.74, 6) is 0.372. The number of methoxy groups -OCH3 is 1. The normalized spacial score (nSPS) is 13.3. The van der Waals surface area contributed by atoms with E-state index in [0.717, 1.165) is 46.4 Å². The van der Waals surface area contributed by atoms with Crippen molar-refractivity contribution >= 4 is 20.6 Å². The van der Waals surface area contributed by atoms with Gasteiger partial charge in [0.25, 0.3) is 0 Å². The summed E-state index contributed by atoms with van der Waals surface area (Å²) >= 11 is 0. The lowest BCUT2D eigenvalue weighted by Crippen LogP contribution is -2.22. The number of amides is 1. The number of carbonyl (C=O) groups is 1. The molecular weight excluding hydrogens is 305 g/mol. The molecule has 23 heavy (non-hydrogen) atoms. The molecule has 4 heteroatoms. The van der Waals surface area contributed by atoms with E-state index in [-0.39, 0.29) is 5.91 Å². The Morgan fingerprint density at radius 3 is 2.70 bits per heavy atom. The summed E-state index contributed by atoms with van der Waals surface area (Å²) in [7, 11) is 2.62. The zero-order valence-electron chi connectivity index (χ0n) is 14.1. The molecule has 0 heterocycles. The molecule has 1 amide bonds. The summed E-state index contributed by atoms with van der Waals surface area (Å²) in [6, 6.07) is 10.0. The summed E-state index contributed by atoms with van der Waals surface area (Å²) < 4.78 is 5.36. The first kappa shape index (κ1) is 19.6. The first-order valence-electron chi connectivity index (χ1n) is 8.14. The second kappa shape index (κ2) is 13.0. The number of allylic oxidation sites excluding steroid dienone is 2. The van der Waals surface area contributed by atoms with E-state index in [1.54, 1.807) is 19.3 Å². The fraction of sp³-hybridized carbons (Fsp3) is 0.421. The van der Waals surface area contributed by atoms with Crippen molar-refractivity contribution in [2.75, 3.05) is 20.3 Å². The third kappa shape index (κ3) is 10.0. The average Bonchev–Trinajstić information content (AvgIpc) is 2.59. The minimum absolute atomic E-state index is 0.0347. The van der Waals surface area contributed by atoms with Gasteiger partial charge in [0, 0.05) is 19.7 Å². The number of hydrogen-bond donors (Lipinski definition) is 1. The van der Waals surface area contributed by atoms with Crippen LogP contribution < -0.4 is 5.32 Å². The van der Waals surface area contributed by atoms with Crippen molar-refractivity contribution in [3.63, 3.8) is 0 Å². The predicted molar refractivity (Wildman–Crippen MR) is 101 cm³/mol. The zero-order valence-corrected chi connectivity index (χ0v) is 15.1. The van der Waals surface area contributed by atoms with Gasteiger partial charge in [0.1, 0.15) is 0 Å². The van der Waals surface area contributed by atoms with E-state index in [0.29, 0.717) is 5.85 Å². The maximum Gasteiger partial charge on any atom is 0.243 e. The Morgan fingerprint density at radius 2 is 2.00 bits per heavy atom. The molecule has 0 fully saturated rings. The van der Waals surface area contributed by atoms with Crippen LogP contribution in [0.4, 0.5) is 0 Å². The molecule has 1 aromatic carbocycles. The van der Waals surface area contributed by atoms with E-state index in [1.165, 1.54) is 0 Å². The molecule has 1 N–H and O–H groups in total. The summed E-state index contributed by atoms with van der Waals surface area (Å²) in [5, 5.41) is 2.91. The van der Waals surface area contributed by atoms with Crippen molar-refractivity contribution in [3.8, 4) is 0 Å². The van der Waals surface area contributed by atoms with Crippen molar-refractivity contribution in [2.45, 2.75) is 31.5 Å². The lowest BCUT2D eigenvalue weighted by molar-refractivity contribution is -0.116. The molecule has 2 unspecified atom stereocenters. The minimum atomic E-state index is -0.0347. The molecule has 0 bridgehead atoms. The summed E-state index contributed by atoms with van der Waals surface area (Å²) in [4.78, 5) is 11.6. The zero-order chi connectivity index (χ0) is 16.8. The Labute approximate surface area is 142 Å². The highest BCUT2D eigenvalue weighted by Gasteiger charge is 2.02. The number of carbonyl (C=O) groups excluding carboxylic acids is 1. The number of benzene rings is 1. The van der Waals surface area contributed by atoms with E-state index in [4.69, 9.17) is 4.74 Å². The fourth-order valence-electron chi connectivity index (χ4n) is 2.16. The fourth-order valence-corrected chi connectivity index (χ4v) is 2.88. The molecule has 0 radical (unpaired) electrons. The van der Waals surface area contributed by atoms with Gasteiger partial charge >= 0.3 is 0 Å². The largest absolute Gasteiger partial charge is 0.377 e. The van der Waals surface area contributed by atoms with Gasteiger partial charge in [0.05, 0.1) is 5.85 Å². The van der Waals surface area contributed by atoms with Crippen LogP contribution in [0, 0.1) is 0 Å². The van der Waals surface area contributed by atoms with Crippen LogP contribution in [-0.4, -0.2) is 32.1 Å². The van der Waals surface area contributed by atoms with Gasteiger partial charge in [-0.3, -0.25) is 4.79 Å². The number of hydrogen-bond acceptors (Lipinski definition) is 2. The van der Waals surface area contributed by atoms with Gasteiger partial charge in [-0.05, 0) is 25.1 Å². The highest BCUT2D eigenvalue weighted by Crippen LogP contribution is 2.20. The smallest absolute Gasteiger partial charge is 0.243 e. The molecule has 0 saturated heterocycles. The number of nitrogens with one attached hydrogen (secondary N) is 1. The van der Waals surface area contributed by atoms with Crippen LogP contribution >= 0.6 is 8.58 Å². The molecule has 1 aromatic rings. The Bertz CT molecular complexity index is 481. The van der Waals surface area contributed by atoms with Crippen molar-refractivity contribution in [2.24, 2.45) is 0 Å². The predicted octanol–water partition coefficient (Wildman–Crippen LogP) is 4.21. The minimum Gasteiger partial charge on any atom is -0.377 e. The Hall–Kier alpha value is -1.44. The van der Waals surface area contributed by atoms with Crippen LogP contribution in [0.25, 0.3) is 6.08 Å². The molecule has 0 aromatic heterocycles. The second-order valence-electron chi connectivity index (χ2n) is 5.28. The summed E-state index contributed by atoms with van der Waals surface area (Å²) in [6.45, 7) is 2.91. The molecule has 1 rings (SSSR count). The first-order chi connectivity index (χ1) is 11.3.